The first-order chi connectivity index (χ1) is 12.2. The van der Waals surface area contributed by atoms with Gasteiger partial charge in [0.15, 0.2) is 11.5 Å². The maximum absolute atomic E-state index is 11.4. The third-order valence-corrected chi connectivity index (χ3v) is 5.34. The second-order valence-electron chi connectivity index (χ2n) is 5.05. The molecule has 142 valence electrons. The molecule has 0 fully saturated rings. The minimum Gasteiger partial charge on any atom is -0.760 e. The molecule has 2 rings (SSSR count). The van der Waals surface area contributed by atoms with Crippen LogP contribution in [0.5, 0.6) is 11.5 Å². The molecule has 0 saturated heterocycles. The lowest BCUT2D eigenvalue weighted by atomic mass is 10.1. The summed E-state index contributed by atoms with van der Waals surface area (Å²) < 4.78 is 34.1. The number of esters is 1. The molecule has 0 bridgehead atoms. The molecule has 7 nitrogen and oxygen atoms in total. The van der Waals surface area contributed by atoms with E-state index in [2.05, 4.69) is 20.7 Å². The molecule has 2 atom stereocenters. The topological polar surface area (TPSA) is 112 Å². The Labute approximate surface area is 170 Å². The third-order valence-electron chi connectivity index (χ3n) is 3.21. The largest absolute Gasteiger partial charge is 0.760 e. The highest BCUT2D eigenvalue weighted by Crippen LogP contribution is 2.50. The van der Waals surface area contributed by atoms with Gasteiger partial charge in [0.2, 0.25) is 11.5 Å². The van der Waals surface area contributed by atoms with Crippen molar-refractivity contribution in [3.8, 4) is 22.8 Å². The van der Waals surface area contributed by atoms with Gasteiger partial charge in [0, 0.05) is 30.3 Å². The highest BCUT2D eigenvalue weighted by molar-refractivity contribution is 9.09. The molecule has 0 saturated carbocycles. The summed E-state index contributed by atoms with van der Waals surface area (Å²) in [5.74, 6) is -1.15. The number of furan rings is 1. The number of carbonyl (C=O) groups excluding carboxylic acids is 1. The van der Waals surface area contributed by atoms with Crippen molar-refractivity contribution in [2.24, 2.45) is 0 Å². The quantitative estimate of drug-likeness (QED) is 0.347. The van der Waals surface area contributed by atoms with Crippen LogP contribution in [0.25, 0.3) is 11.3 Å². The zero-order valence-electron chi connectivity index (χ0n) is 13.3. The van der Waals surface area contributed by atoms with E-state index in [1.165, 1.54) is 6.92 Å². The molecular weight excluding hydrogens is 473 g/mol. The number of aromatic hydroxyl groups is 1. The standard InChI is InChI=1S/C15H14BrCl2NO6S/c1-7(20)24-15-12(21)13(8-3-2-4-10(17)11(8)18)25-14(15)9(16)5-6-19-26(22)23/h2-4,9,19,21H,5-6H2,1H3,(H,22,23)/p-1. The second-order valence-corrected chi connectivity index (χ2v) is 7.70. The van der Waals surface area contributed by atoms with Crippen LogP contribution in [0.1, 0.15) is 23.9 Å². The lowest BCUT2D eigenvalue weighted by Gasteiger charge is -2.11. The van der Waals surface area contributed by atoms with Crippen LogP contribution in [0.15, 0.2) is 22.6 Å². The molecule has 0 radical (unpaired) electrons. The zero-order chi connectivity index (χ0) is 19.4. The molecule has 1 aromatic heterocycles. The Morgan fingerprint density at radius 2 is 2.19 bits per heavy atom. The minimum absolute atomic E-state index is 0.0199. The fourth-order valence-electron chi connectivity index (χ4n) is 2.13. The molecule has 0 spiro atoms. The fraction of sp³-hybridized carbons (Fsp3) is 0.267. The molecule has 26 heavy (non-hydrogen) atoms. The number of rotatable bonds is 7. The predicted octanol–water partition coefficient (Wildman–Crippen LogP) is 4.09. The average molecular weight is 486 g/mol. The van der Waals surface area contributed by atoms with E-state index in [1.54, 1.807) is 18.2 Å². The van der Waals surface area contributed by atoms with Crippen LogP contribution in [0.4, 0.5) is 0 Å². The van der Waals surface area contributed by atoms with E-state index in [-0.39, 0.29) is 40.3 Å². The van der Waals surface area contributed by atoms with E-state index in [0.29, 0.717) is 5.56 Å². The van der Waals surface area contributed by atoms with E-state index in [4.69, 9.17) is 32.4 Å². The highest BCUT2D eigenvalue weighted by Gasteiger charge is 2.29. The smallest absolute Gasteiger partial charge is 0.308 e. The Balaban J connectivity index is 2.45. The van der Waals surface area contributed by atoms with E-state index in [0.717, 1.165) is 0 Å². The molecule has 1 heterocycles. The van der Waals surface area contributed by atoms with E-state index in [9.17, 15) is 18.7 Å². The third kappa shape index (κ3) is 4.99. The molecule has 11 heteroatoms. The summed E-state index contributed by atoms with van der Waals surface area (Å²) >= 11 is 13.1. The maximum Gasteiger partial charge on any atom is 0.308 e. The maximum atomic E-state index is 11.4. The SMILES string of the molecule is CC(=O)Oc1c(C(Br)CCNS(=O)[O-])oc(-c2cccc(Cl)c2Cl)c1O. The van der Waals surface area contributed by atoms with Crippen LogP contribution in [-0.4, -0.2) is 26.4 Å². The van der Waals surface area contributed by atoms with E-state index >= 15 is 0 Å². The van der Waals surface area contributed by atoms with Gasteiger partial charge >= 0.3 is 5.97 Å². The molecule has 0 amide bonds. The van der Waals surface area contributed by atoms with Gasteiger partial charge < -0.3 is 18.8 Å². The predicted molar refractivity (Wildman–Crippen MR) is 100 cm³/mol. The molecule has 2 N–H and O–H groups in total. The van der Waals surface area contributed by atoms with Crippen LogP contribution in [0, 0.1) is 0 Å². The van der Waals surface area contributed by atoms with Crippen LogP contribution < -0.4 is 9.46 Å². The summed E-state index contributed by atoms with van der Waals surface area (Å²) in [5, 5.41) is 10.9. The molecule has 1 aromatic carbocycles. The summed E-state index contributed by atoms with van der Waals surface area (Å²) in [7, 11) is 0. The number of alkyl halides is 1. The monoisotopic (exact) mass is 484 g/mol. The van der Waals surface area contributed by atoms with Crippen molar-refractivity contribution in [2.75, 3.05) is 6.54 Å². The van der Waals surface area contributed by atoms with Crippen molar-refractivity contribution >= 4 is 56.4 Å². The van der Waals surface area contributed by atoms with Gasteiger partial charge in [0.25, 0.3) is 0 Å². The highest BCUT2D eigenvalue weighted by atomic mass is 79.9. The molecule has 2 aromatic rings. The molecule has 0 aliphatic rings. The van der Waals surface area contributed by atoms with Crippen molar-refractivity contribution in [1.82, 2.24) is 4.72 Å². The summed E-state index contributed by atoms with van der Waals surface area (Å²) in [5.41, 5.74) is 0.315. The summed E-state index contributed by atoms with van der Waals surface area (Å²) in [6.45, 7) is 1.27. The van der Waals surface area contributed by atoms with Crippen molar-refractivity contribution < 1.29 is 27.8 Å². The number of halogens is 3. The van der Waals surface area contributed by atoms with Gasteiger partial charge in [-0.3, -0.25) is 9.00 Å². The van der Waals surface area contributed by atoms with Crippen molar-refractivity contribution in [3.05, 3.63) is 34.0 Å². The lowest BCUT2D eigenvalue weighted by molar-refractivity contribution is -0.132. The number of benzene rings is 1. The van der Waals surface area contributed by atoms with Gasteiger partial charge in [-0.25, -0.2) is 4.72 Å². The normalized spacial score (nSPS) is 13.4. The first-order valence-corrected chi connectivity index (χ1v) is 9.92. The average Bonchev–Trinajstić information content (AvgIpc) is 2.86. The number of nitrogens with one attached hydrogen (secondary N) is 1. The molecule has 2 unspecified atom stereocenters. The summed E-state index contributed by atoms with van der Waals surface area (Å²) in [6.07, 6.45) is 0.262. The Kier molecular flexibility index (Phi) is 7.51. The van der Waals surface area contributed by atoms with E-state index in [1.807, 2.05) is 0 Å². The van der Waals surface area contributed by atoms with Crippen molar-refractivity contribution in [3.63, 3.8) is 0 Å². The Morgan fingerprint density at radius 1 is 1.50 bits per heavy atom. The van der Waals surface area contributed by atoms with Gasteiger partial charge in [-0.2, -0.15) is 0 Å². The number of hydrogen-bond acceptors (Lipinski definition) is 6. The summed E-state index contributed by atoms with van der Waals surface area (Å²) in [6, 6.07) is 4.78. The van der Waals surface area contributed by atoms with Crippen LogP contribution >= 0.6 is 39.1 Å². The Morgan fingerprint density at radius 3 is 2.81 bits per heavy atom. The Hall–Kier alpha value is -1.10. The molecule has 0 aliphatic heterocycles. The summed E-state index contributed by atoms with van der Waals surface area (Å²) in [4.78, 5) is 10.8. The van der Waals surface area contributed by atoms with Gasteiger partial charge in [0.05, 0.1) is 14.9 Å². The van der Waals surface area contributed by atoms with Crippen molar-refractivity contribution in [2.45, 2.75) is 18.2 Å². The number of ether oxygens (including phenoxy) is 1. The minimum atomic E-state index is -2.41. The van der Waals surface area contributed by atoms with Crippen LogP contribution in [-0.2, 0) is 16.1 Å². The van der Waals surface area contributed by atoms with Gasteiger partial charge in [0.1, 0.15) is 0 Å². The zero-order valence-corrected chi connectivity index (χ0v) is 17.2. The first-order valence-electron chi connectivity index (χ1n) is 7.17. The molecule has 0 aliphatic carbocycles. The van der Waals surface area contributed by atoms with Crippen molar-refractivity contribution in [1.29, 1.82) is 0 Å². The van der Waals surface area contributed by atoms with Crippen LogP contribution in [0.3, 0.4) is 0 Å². The second kappa shape index (κ2) is 9.20. The number of carbonyl (C=O) groups is 1. The molecular formula is C15H13BrCl2NO6S-. The van der Waals surface area contributed by atoms with Gasteiger partial charge in [-0.15, -0.1) is 0 Å². The Bertz CT molecular complexity index is 844. The van der Waals surface area contributed by atoms with E-state index < -0.39 is 27.8 Å². The lowest BCUT2D eigenvalue weighted by Crippen LogP contribution is -2.18. The fourth-order valence-corrected chi connectivity index (χ4v) is 3.34. The van der Waals surface area contributed by atoms with Crippen LogP contribution in [0.2, 0.25) is 10.0 Å². The van der Waals surface area contributed by atoms with Gasteiger partial charge in [-0.1, -0.05) is 45.2 Å². The number of hydrogen-bond donors (Lipinski definition) is 2. The first kappa shape index (κ1) is 21.2. The van der Waals surface area contributed by atoms with Gasteiger partial charge in [-0.05, 0) is 18.6 Å².